The summed E-state index contributed by atoms with van der Waals surface area (Å²) in [5, 5.41) is 6.87. The molecule has 1 unspecified atom stereocenters. The summed E-state index contributed by atoms with van der Waals surface area (Å²) in [4.78, 5) is 0. The third-order valence-electron chi connectivity index (χ3n) is 4.86. The minimum absolute atomic E-state index is 0. The van der Waals surface area contributed by atoms with Crippen LogP contribution in [0.3, 0.4) is 0 Å². The molecule has 4 heteroatoms. The van der Waals surface area contributed by atoms with Crippen molar-refractivity contribution in [3.8, 4) is 0 Å². The van der Waals surface area contributed by atoms with Crippen molar-refractivity contribution >= 4 is 0 Å². The number of alkyl halides is 1. The molecule has 0 bridgehead atoms. The molecule has 0 fully saturated rings. The smallest absolute Gasteiger partial charge is 0.315 e. The van der Waals surface area contributed by atoms with Crippen LogP contribution in [0.2, 0.25) is 0 Å². The SMILES string of the molecule is CC.CCNCc1cc[c-]cc1.CF.[K+].c1ccc(CC2Cc3ccccc3CN2)cc1. The van der Waals surface area contributed by atoms with Crippen molar-refractivity contribution in [2.75, 3.05) is 13.7 Å². The van der Waals surface area contributed by atoms with Crippen LogP contribution >= 0.6 is 0 Å². The van der Waals surface area contributed by atoms with E-state index in [1.807, 2.05) is 26.0 Å². The van der Waals surface area contributed by atoms with Gasteiger partial charge in [0.15, 0.2) is 0 Å². The zero-order valence-corrected chi connectivity index (χ0v) is 23.6. The number of hydrogen-bond donors (Lipinski definition) is 2. The molecule has 1 atom stereocenters. The number of hydrogen-bond acceptors (Lipinski definition) is 2. The summed E-state index contributed by atoms with van der Waals surface area (Å²) >= 11 is 0. The van der Waals surface area contributed by atoms with Crippen molar-refractivity contribution in [1.82, 2.24) is 10.6 Å². The monoisotopic (exact) mass is 460 g/mol. The van der Waals surface area contributed by atoms with Gasteiger partial charge >= 0.3 is 51.4 Å². The Morgan fingerprint density at radius 2 is 1.47 bits per heavy atom. The van der Waals surface area contributed by atoms with Crippen LogP contribution in [0.1, 0.15) is 43.0 Å². The van der Waals surface area contributed by atoms with Crippen molar-refractivity contribution in [1.29, 1.82) is 0 Å². The molecule has 0 amide bonds. The fourth-order valence-corrected chi connectivity index (χ4v) is 3.37. The van der Waals surface area contributed by atoms with Gasteiger partial charge in [0.05, 0.1) is 7.18 Å². The van der Waals surface area contributed by atoms with E-state index in [1.54, 1.807) is 0 Å². The zero-order valence-electron chi connectivity index (χ0n) is 20.5. The molecule has 0 aliphatic carbocycles. The third-order valence-corrected chi connectivity index (χ3v) is 4.86. The Morgan fingerprint density at radius 1 is 0.875 bits per heavy atom. The van der Waals surface area contributed by atoms with E-state index in [1.165, 1.54) is 22.3 Å². The normalized spacial score (nSPS) is 13.3. The summed E-state index contributed by atoms with van der Waals surface area (Å²) in [5.74, 6) is 0. The van der Waals surface area contributed by atoms with E-state index in [0.717, 1.165) is 32.5 Å². The molecule has 0 radical (unpaired) electrons. The number of fused-ring (bicyclic) bond motifs is 1. The van der Waals surface area contributed by atoms with E-state index in [4.69, 9.17) is 0 Å². The fraction of sp³-hybridized carbons (Fsp3) is 0.357. The molecule has 1 aliphatic rings. The molecular formula is C28H38FKN2. The first kappa shape index (κ1) is 31.1. The van der Waals surface area contributed by atoms with Crippen molar-refractivity contribution in [2.45, 2.75) is 52.7 Å². The van der Waals surface area contributed by atoms with Gasteiger partial charge in [-0.1, -0.05) is 75.4 Å². The fourth-order valence-electron chi connectivity index (χ4n) is 3.37. The van der Waals surface area contributed by atoms with Gasteiger partial charge in [-0.3, -0.25) is 4.39 Å². The maximum atomic E-state index is 9.50. The van der Waals surface area contributed by atoms with Gasteiger partial charge in [-0.15, -0.1) is 5.56 Å². The van der Waals surface area contributed by atoms with Crippen LogP contribution in [0.15, 0.2) is 78.9 Å². The van der Waals surface area contributed by atoms with Crippen LogP contribution in [-0.2, 0) is 25.9 Å². The topological polar surface area (TPSA) is 24.1 Å². The molecule has 3 aromatic carbocycles. The third kappa shape index (κ3) is 12.4. The predicted octanol–water partition coefficient (Wildman–Crippen LogP) is 3.16. The molecule has 2 N–H and O–H groups in total. The molecule has 1 heterocycles. The van der Waals surface area contributed by atoms with Gasteiger partial charge in [-0.2, -0.15) is 30.3 Å². The maximum absolute atomic E-state index is 9.50. The quantitative estimate of drug-likeness (QED) is 0.452. The largest absolute Gasteiger partial charge is 1.00 e. The molecule has 0 aromatic heterocycles. The Balaban J connectivity index is 0.000000554. The average molecular weight is 461 g/mol. The Morgan fingerprint density at radius 3 is 2.09 bits per heavy atom. The molecule has 1 aliphatic heterocycles. The molecule has 4 rings (SSSR count). The number of nitrogens with one attached hydrogen (secondary N) is 2. The first-order valence-corrected chi connectivity index (χ1v) is 11.2. The number of halogens is 1. The molecule has 32 heavy (non-hydrogen) atoms. The second kappa shape index (κ2) is 20.7. The van der Waals surface area contributed by atoms with Crippen molar-refractivity contribution in [3.63, 3.8) is 0 Å². The van der Waals surface area contributed by atoms with Gasteiger partial charge in [-0.25, -0.2) is 0 Å². The van der Waals surface area contributed by atoms with E-state index in [-0.39, 0.29) is 51.4 Å². The zero-order chi connectivity index (χ0) is 22.7. The minimum atomic E-state index is 0. The minimum Gasteiger partial charge on any atom is -0.315 e. The molecule has 2 nitrogen and oxygen atoms in total. The molecule has 0 saturated heterocycles. The number of benzene rings is 3. The Hall–Kier alpha value is -0.854. The second-order valence-electron chi connectivity index (χ2n) is 6.93. The molecule has 0 saturated carbocycles. The Kier molecular flexibility index (Phi) is 20.2. The van der Waals surface area contributed by atoms with Gasteiger partial charge in [0.25, 0.3) is 0 Å². The summed E-state index contributed by atoms with van der Waals surface area (Å²) in [5.41, 5.74) is 5.70. The van der Waals surface area contributed by atoms with Crippen LogP contribution in [-0.4, -0.2) is 19.8 Å². The standard InChI is InChI=1S/C16H17N.C9H12N.C2H6.CH3F.K/c1-2-6-13(7-3-1)10-16-11-14-8-4-5-9-15(14)12-17-16;1-2-10-8-9-6-4-3-5-7-9;2*1-2;/h1-9,16-17H,10-12H2;4-7,10H,2,8H2,1H3;1-2H3;1H3;/q;-1;;;+1. The average Bonchev–Trinajstić information content (AvgIpc) is 2.87. The van der Waals surface area contributed by atoms with E-state index in [9.17, 15) is 4.39 Å². The molecular weight excluding hydrogens is 422 g/mol. The van der Waals surface area contributed by atoms with Crippen molar-refractivity contribution in [3.05, 3.63) is 107 Å². The van der Waals surface area contributed by atoms with Crippen LogP contribution in [0, 0.1) is 6.07 Å². The van der Waals surface area contributed by atoms with Crippen LogP contribution in [0.5, 0.6) is 0 Å². The molecule has 0 spiro atoms. The van der Waals surface area contributed by atoms with Gasteiger partial charge in [0, 0.05) is 12.6 Å². The van der Waals surface area contributed by atoms with Crippen molar-refractivity contribution < 1.29 is 55.8 Å². The first-order chi connectivity index (χ1) is 15.3. The predicted molar refractivity (Wildman–Crippen MR) is 132 cm³/mol. The van der Waals surface area contributed by atoms with Gasteiger partial charge in [0.1, 0.15) is 0 Å². The second-order valence-corrected chi connectivity index (χ2v) is 6.93. The Labute approximate surface area is 237 Å². The van der Waals surface area contributed by atoms with Gasteiger partial charge in [0.2, 0.25) is 0 Å². The van der Waals surface area contributed by atoms with E-state index < -0.39 is 0 Å². The van der Waals surface area contributed by atoms with Crippen molar-refractivity contribution in [2.24, 2.45) is 0 Å². The van der Waals surface area contributed by atoms with E-state index in [2.05, 4.69) is 90.4 Å². The summed E-state index contributed by atoms with van der Waals surface area (Å²) in [6, 6.07) is 31.1. The number of rotatable bonds is 5. The summed E-state index contributed by atoms with van der Waals surface area (Å²) in [6.07, 6.45) is 2.26. The van der Waals surface area contributed by atoms with E-state index >= 15 is 0 Å². The van der Waals surface area contributed by atoms with Gasteiger partial charge in [-0.05, 0) is 42.6 Å². The van der Waals surface area contributed by atoms with Gasteiger partial charge < -0.3 is 10.6 Å². The maximum Gasteiger partial charge on any atom is 1.00 e. The molecule has 3 aromatic rings. The van der Waals surface area contributed by atoms with E-state index in [0.29, 0.717) is 13.2 Å². The molecule has 168 valence electrons. The summed E-state index contributed by atoms with van der Waals surface area (Å²) in [7, 11) is 0.500. The van der Waals surface area contributed by atoms with Crippen LogP contribution in [0.4, 0.5) is 4.39 Å². The summed E-state index contributed by atoms with van der Waals surface area (Å²) < 4.78 is 9.50. The Bertz CT molecular complexity index is 797. The van der Waals surface area contributed by atoms with Crippen LogP contribution in [0.25, 0.3) is 0 Å². The summed E-state index contributed by atoms with van der Waals surface area (Å²) in [6.45, 7) is 9.10. The first-order valence-electron chi connectivity index (χ1n) is 11.2. The van der Waals surface area contributed by atoms with Crippen LogP contribution < -0.4 is 62.0 Å².